The third-order valence-corrected chi connectivity index (χ3v) is 4.54. The molecule has 0 bridgehead atoms. The maximum atomic E-state index is 11.0. The van der Waals surface area contributed by atoms with Crippen molar-refractivity contribution >= 4 is 37.2 Å². The van der Waals surface area contributed by atoms with E-state index in [1.807, 2.05) is 6.92 Å². The molecular formula is C19H38O4S2. The molecule has 6 heteroatoms. The molecule has 0 aliphatic carbocycles. The van der Waals surface area contributed by atoms with Crippen molar-refractivity contribution in [2.24, 2.45) is 5.92 Å². The van der Waals surface area contributed by atoms with E-state index in [9.17, 15) is 9.59 Å². The number of hydrogen-bond acceptors (Lipinski definition) is 5. The zero-order valence-corrected chi connectivity index (χ0v) is 17.8. The van der Waals surface area contributed by atoms with Crippen LogP contribution in [0.15, 0.2) is 0 Å². The highest BCUT2D eigenvalue weighted by Gasteiger charge is 2.13. The molecule has 0 saturated carbocycles. The number of carboxylic acids is 1. The van der Waals surface area contributed by atoms with Crippen molar-refractivity contribution in [3.63, 3.8) is 0 Å². The van der Waals surface area contributed by atoms with Crippen LogP contribution in [0.5, 0.6) is 0 Å². The molecule has 0 aromatic heterocycles. The fraction of sp³-hybridized carbons (Fsp3) is 0.895. The van der Waals surface area contributed by atoms with Crippen LogP contribution < -0.4 is 0 Å². The molecule has 0 rings (SSSR count). The van der Waals surface area contributed by atoms with Gasteiger partial charge in [-0.1, -0.05) is 58.3 Å². The summed E-state index contributed by atoms with van der Waals surface area (Å²) < 4.78 is 4.87. The van der Waals surface area contributed by atoms with E-state index in [2.05, 4.69) is 32.2 Å². The highest BCUT2D eigenvalue weighted by atomic mass is 32.1. The number of carbonyl (C=O) groups excluding carboxylic acids is 1. The summed E-state index contributed by atoms with van der Waals surface area (Å²) >= 11 is 7.79. The third-order valence-electron chi connectivity index (χ3n) is 3.84. The molecule has 4 nitrogen and oxygen atoms in total. The second-order valence-corrected chi connectivity index (χ2v) is 6.93. The molecule has 0 fully saturated rings. The summed E-state index contributed by atoms with van der Waals surface area (Å²) in [5.41, 5.74) is 0. The summed E-state index contributed by atoms with van der Waals surface area (Å²) in [5, 5.41) is 8.42. The number of ether oxygens (including phenoxy) is 1. The smallest absolute Gasteiger partial charge is 0.307 e. The zero-order chi connectivity index (χ0) is 19.3. The van der Waals surface area contributed by atoms with Crippen LogP contribution >= 0.6 is 25.3 Å². The first kappa shape index (κ1) is 26.9. The van der Waals surface area contributed by atoms with Crippen LogP contribution in [0.4, 0.5) is 0 Å². The summed E-state index contributed by atoms with van der Waals surface area (Å²) in [7, 11) is 0. The number of aliphatic carboxylic acids is 1. The fourth-order valence-corrected chi connectivity index (χ4v) is 2.91. The van der Waals surface area contributed by atoms with E-state index in [1.165, 1.54) is 51.4 Å². The van der Waals surface area contributed by atoms with Crippen LogP contribution in [0, 0.1) is 5.92 Å². The van der Waals surface area contributed by atoms with Gasteiger partial charge in [-0.3, -0.25) is 9.59 Å². The van der Waals surface area contributed by atoms with E-state index in [4.69, 9.17) is 9.84 Å². The minimum absolute atomic E-state index is 0.0366. The van der Waals surface area contributed by atoms with E-state index in [0.717, 1.165) is 6.42 Å². The lowest BCUT2D eigenvalue weighted by Gasteiger charge is -2.04. The van der Waals surface area contributed by atoms with Crippen LogP contribution in [-0.4, -0.2) is 35.2 Å². The number of rotatable bonds is 15. The zero-order valence-electron chi connectivity index (χ0n) is 16.0. The average molecular weight is 395 g/mol. The van der Waals surface area contributed by atoms with Crippen molar-refractivity contribution in [2.75, 3.05) is 18.1 Å². The van der Waals surface area contributed by atoms with Gasteiger partial charge in [0.1, 0.15) is 0 Å². The highest BCUT2D eigenvalue weighted by molar-refractivity contribution is 7.80. The van der Waals surface area contributed by atoms with Gasteiger partial charge in [0.05, 0.1) is 12.5 Å². The maximum absolute atomic E-state index is 11.0. The van der Waals surface area contributed by atoms with Gasteiger partial charge in [-0.15, -0.1) is 0 Å². The molecule has 150 valence electrons. The van der Waals surface area contributed by atoms with Crippen LogP contribution in [0.1, 0.15) is 84.5 Å². The average Bonchev–Trinajstić information content (AvgIpc) is 2.58. The molecule has 0 aromatic rings. The minimum Gasteiger partial charge on any atom is -0.481 e. The molecule has 0 amide bonds. The van der Waals surface area contributed by atoms with E-state index < -0.39 is 5.97 Å². The number of unbranched alkanes of at least 4 members (excludes halogenated alkanes) is 8. The predicted octanol–water partition coefficient (Wildman–Crippen LogP) is 5.41. The third kappa shape index (κ3) is 21.6. The van der Waals surface area contributed by atoms with Crippen molar-refractivity contribution in [3.05, 3.63) is 0 Å². The fourth-order valence-electron chi connectivity index (χ4n) is 2.26. The van der Waals surface area contributed by atoms with Gasteiger partial charge in [0, 0.05) is 12.2 Å². The number of esters is 1. The van der Waals surface area contributed by atoms with Crippen molar-refractivity contribution in [1.82, 2.24) is 0 Å². The largest absolute Gasteiger partial charge is 0.481 e. The first-order valence-electron chi connectivity index (χ1n) is 9.63. The van der Waals surface area contributed by atoms with Gasteiger partial charge in [-0.2, -0.15) is 25.3 Å². The number of hydrogen-bond donors (Lipinski definition) is 3. The van der Waals surface area contributed by atoms with Gasteiger partial charge in [-0.05, 0) is 25.5 Å². The highest BCUT2D eigenvalue weighted by Crippen LogP contribution is 2.10. The lowest BCUT2D eigenvalue weighted by Crippen LogP contribution is -2.15. The molecule has 0 aromatic carbocycles. The molecule has 0 aliphatic rings. The number of carboxylic acid groups (broad SMARTS) is 1. The Kier molecular flexibility index (Phi) is 23.3. The Labute approximate surface area is 165 Å². The molecule has 0 heterocycles. The topological polar surface area (TPSA) is 63.6 Å². The second kappa shape index (κ2) is 21.7. The molecule has 0 aliphatic heterocycles. The lowest BCUT2D eigenvalue weighted by atomic mass is 10.1. The molecular weight excluding hydrogens is 356 g/mol. The van der Waals surface area contributed by atoms with Gasteiger partial charge in [0.25, 0.3) is 0 Å². The quantitative estimate of drug-likeness (QED) is 0.197. The van der Waals surface area contributed by atoms with Gasteiger partial charge in [0.2, 0.25) is 0 Å². The lowest BCUT2D eigenvalue weighted by molar-refractivity contribution is -0.143. The van der Waals surface area contributed by atoms with E-state index in [1.54, 1.807) is 0 Å². The summed E-state index contributed by atoms with van der Waals surface area (Å²) in [6.07, 6.45) is 12.8. The monoisotopic (exact) mass is 394 g/mol. The number of carbonyl (C=O) groups is 2. The molecule has 25 heavy (non-hydrogen) atoms. The Morgan fingerprint density at radius 3 is 1.80 bits per heavy atom. The van der Waals surface area contributed by atoms with Crippen molar-refractivity contribution in [1.29, 1.82) is 0 Å². The summed E-state index contributed by atoms with van der Waals surface area (Å²) in [6.45, 7) is 4.61. The number of thiol groups is 2. The van der Waals surface area contributed by atoms with Crippen molar-refractivity contribution < 1.29 is 19.4 Å². The van der Waals surface area contributed by atoms with Crippen LogP contribution in [0.2, 0.25) is 0 Å². The summed E-state index contributed by atoms with van der Waals surface area (Å²) in [6, 6.07) is 0. The first-order chi connectivity index (χ1) is 12.0. The minimum atomic E-state index is -0.779. The van der Waals surface area contributed by atoms with E-state index in [-0.39, 0.29) is 11.9 Å². The van der Waals surface area contributed by atoms with Crippen molar-refractivity contribution in [2.45, 2.75) is 84.5 Å². The van der Waals surface area contributed by atoms with Gasteiger partial charge >= 0.3 is 11.9 Å². The normalized spacial score (nSPS) is 11.4. The van der Waals surface area contributed by atoms with Gasteiger partial charge < -0.3 is 9.84 Å². The second-order valence-electron chi connectivity index (χ2n) is 6.11. The molecule has 1 unspecified atom stereocenters. The van der Waals surface area contributed by atoms with Gasteiger partial charge in [-0.25, -0.2) is 0 Å². The standard InChI is InChI=1S/C14H28O2.C5H10O2S2/c1-3-5-6-7-8-9-10-11-12-13-14(15)16-4-2;6-5(7)4(3-9)1-2-8/h3-13H2,1-2H3;4,8-9H,1-3H2,(H,6,7). The molecule has 0 saturated heterocycles. The maximum Gasteiger partial charge on any atom is 0.307 e. The Balaban J connectivity index is 0. The Morgan fingerprint density at radius 1 is 0.920 bits per heavy atom. The van der Waals surface area contributed by atoms with Crippen LogP contribution in [-0.2, 0) is 14.3 Å². The first-order valence-corrected chi connectivity index (χ1v) is 10.9. The predicted molar refractivity (Wildman–Crippen MR) is 112 cm³/mol. The Bertz CT molecular complexity index is 312. The Hall–Kier alpha value is -0.360. The SMILES string of the molecule is CCCCCCCCCCCC(=O)OCC.O=C(O)C(CS)CCS. The molecule has 1 N–H and O–H groups in total. The summed E-state index contributed by atoms with van der Waals surface area (Å²) in [4.78, 5) is 21.3. The molecule has 1 atom stereocenters. The van der Waals surface area contributed by atoms with Gasteiger partial charge in [0.15, 0.2) is 0 Å². The Morgan fingerprint density at radius 2 is 1.44 bits per heavy atom. The van der Waals surface area contributed by atoms with E-state index >= 15 is 0 Å². The van der Waals surface area contributed by atoms with E-state index in [0.29, 0.717) is 31.0 Å². The molecule has 0 spiro atoms. The molecule has 0 radical (unpaired) electrons. The van der Waals surface area contributed by atoms with Crippen LogP contribution in [0.3, 0.4) is 0 Å². The van der Waals surface area contributed by atoms with Crippen molar-refractivity contribution in [3.8, 4) is 0 Å². The summed E-state index contributed by atoms with van der Waals surface area (Å²) in [5.74, 6) is -0.136. The van der Waals surface area contributed by atoms with Crippen LogP contribution in [0.25, 0.3) is 0 Å².